The average Bonchev–Trinajstić information content (AvgIpc) is 2.55. The van der Waals surface area contributed by atoms with Crippen LogP contribution in [0.2, 0.25) is 0 Å². The molecule has 0 heterocycles. The first kappa shape index (κ1) is 18.7. The topological polar surface area (TPSA) is 40.5 Å². The third-order valence-corrected chi connectivity index (χ3v) is 8.19. The van der Waals surface area contributed by atoms with Crippen molar-refractivity contribution < 1.29 is 10.2 Å². The largest absolute Gasteiger partial charge is 0.393 e. The molecule has 24 heavy (non-hydrogen) atoms. The maximum atomic E-state index is 9.91. The normalized spacial score (nSPS) is 47.8. The van der Waals surface area contributed by atoms with Gasteiger partial charge in [-0.3, -0.25) is 0 Å². The molecule has 0 radical (unpaired) electrons. The molecule has 2 N–H and O–H groups in total. The predicted octanol–water partition coefficient (Wildman–Crippen LogP) is 5.17. The number of hydrogen-bond donors (Lipinski definition) is 2. The summed E-state index contributed by atoms with van der Waals surface area (Å²) in [6.07, 6.45) is 13.2. The highest BCUT2D eigenvalue weighted by Crippen LogP contribution is 2.55. The minimum absolute atomic E-state index is 0.0337. The van der Waals surface area contributed by atoms with Crippen LogP contribution in [0.3, 0.4) is 0 Å². The SMILES string of the molecule is CC(C)C1CCC(C)(C2CCC(O)CC2)CC1C1CCC(O)CC1. The van der Waals surface area contributed by atoms with E-state index < -0.39 is 0 Å². The van der Waals surface area contributed by atoms with Crippen molar-refractivity contribution in [2.24, 2.45) is 35.0 Å². The summed E-state index contributed by atoms with van der Waals surface area (Å²) in [5.41, 5.74) is 0.492. The Morgan fingerprint density at radius 3 is 1.88 bits per heavy atom. The zero-order chi connectivity index (χ0) is 17.3. The van der Waals surface area contributed by atoms with Gasteiger partial charge in [0, 0.05) is 0 Å². The molecule has 0 spiro atoms. The summed E-state index contributed by atoms with van der Waals surface area (Å²) in [4.78, 5) is 0. The summed E-state index contributed by atoms with van der Waals surface area (Å²) in [5.74, 6) is 4.20. The lowest BCUT2D eigenvalue weighted by Gasteiger charge is -2.52. The molecule has 3 aliphatic carbocycles. The zero-order valence-electron chi connectivity index (χ0n) is 16.2. The molecule has 3 saturated carbocycles. The molecule has 0 aromatic carbocycles. The van der Waals surface area contributed by atoms with Crippen molar-refractivity contribution in [3.63, 3.8) is 0 Å². The van der Waals surface area contributed by atoms with Crippen LogP contribution in [0.5, 0.6) is 0 Å². The fourth-order valence-corrected chi connectivity index (χ4v) is 6.52. The van der Waals surface area contributed by atoms with E-state index in [1.807, 2.05) is 0 Å². The maximum absolute atomic E-state index is 9.91. The fourth-order valence-electron chi connectivity index (χ4n) is 6.52. The van der Waals surface area contributed by atoms with Gasteiger partial charge >= 0.3 is 0 Å². The van der Waals surface area contributed by atoms with Crippen LogP contribution in [-0.4, -0.2) is 22.4 Å². The third kappa shape index (κ3) is 4.01. The lowest BCUT2D eigenvalue weighted by molar-refractivity contribution is -0.0349. The molecule has 3 atom stereocenters. The monoisotopic (exact) mass is 336 g/mol. The molecule has 0 aliphatic heterocycles. The molecule has 0 aromatic rings. The number of aliphatic hydroxyl groups is 2. The zero-order valence-corrected chi connectivity index (χ0v) is 16.2. The Morgan fingerprint density at radius 2 is 1.33 bits per heavy atom. The molecule has 0 aromatic heterocycles. The lowest BCUT2D eigenvalue weighted by atomic mass is 9.53. The molecular formula is C22H40O2. The molecule has 0 saturated heterocycles. The second-order valence-corrected chi connectivity index (χ2v) is 10.0. The molecule has 140 valence electrons. The second kappa shape index (κ2) is 7.66. The minimum Gasteiger partial charge on any atom is -0.393 e. The molecular weight excluding hydrogens is 296 g/mol. The van der Waals surface area contributed by atoms with Crippen LogP contribution in [0, 0.1) is 35.0 Å². The van der Waals surface area contributed by atoms with Crippen LogP contribution in [0.15, 0.2) is 0 Å². The third-order valence-electron chi connectivity index (χ3n) is 8.19. The number of rotatable bonds is 3. The first-order chi connectivity index (χ1) is 11.4. The van der Waals surface area contributed by atoms with Crippen LogP contribution < -0.4 is 0 Å². The molecule has 3 unspecified atom stereocenters. The van der Waals surface area contributed by atoms with Gasteiger partial charge in [-0.1, -0.05) is 20.8 Å². The van der Waals surface area contributed by atoms with E-state index in [1.54, 1.807) is 0 Å². The van der Waals surface area contributed by atoms with E-state index in [9.17, 15) is 10.2 Å². The van der Waals surface area contributed by atoms with E-state index in [-0.39, 0.29) is 12.2 Å². The number of hydrogen-bond acceptors (Lipinski definition) is 2. The van der Waals surface area contributed by atoms with Gasteiger partial charge in [0.25, 0.3) is 0 Å². The Morgan fingerprint density at radius 1 is 0.792 bits per heavy atom. The van der Waals surface area contributed by atoms with Gasteiger partial charge in [-0.05, 0) is 106 Å². The Labute approximate surface area is 149 Å². The van der Waals surface area contributed by atoms with Crippen molar-refractivity contribution in [3.8, 4) is 0 Å². The Bertz CT molecular complexity index is 391. The summed E-state index contributed by atoms with van der Waals surface area (Å²) in [7, 11) is 0. The first-order valence-corrected chi connectivity index (χ1v) is 10.7. The van der Waals surface area contributed by atoms with Gasteiger partial charge in [0.05, 0.1) is 12.2 Å². The average molecular weight is 337 g/mol. The molecule has 3 fully saturated rings. The summed E-state index contributed by atoms with van der Waals surface area (Å²) >= 11 is 0. The standard InChI is InChI=1S/C22H40O2/c1-15(2)20-12-13-22(3,17-6-10-19(24)11-7-17)14-21(20)16-4-8-18(23)9-5-16/h15-21,23-24H,4-14H2,1-3H3. The molecule has 3 rings (SSSR count). The van der Waals surface area contributed by atoms with E-state index >= 15 is 0 Å². The van der Waals surface area contributed by atoms with Gasteiger partial charge in [-0.25, -0.2) is 0 Å². The molecule has 2 nitrogen and oxygen atoms in total. The summed E-state index contributed by atoms with van der Waals surface area (Å²) in [6.45, 7) is 7.42. The quantitative estimate of drug-likeness (QED) is 0.746. The summed E-state index contributed by atoms with van der Waals surface area (Å²) in [5, 5.41) is 19.8. The van der Waals surface area contributed by atoms with E-state index in [2.05, 4.69) is 20.8 Å². The first-order valence-electron chi connectivity index (χ1n) is 10.7. The van der Waals surface area contributed by atoms with Gasteiger partial charge in [0.2, 0.25) is 0 Å². The predicted molar refractivity (Wildman–Crippen MR) is 99.7 cm³/mol. The van der Waals surface area contributed by atoms with E-state index in [0.29, 0.717) is 5.41 Å². The number of aliphatic hydroxyl groups excluding tert-OH is 2. The maximum Gasteiger partial charge on any atom is 0.0540 e. The van der Waals surface area contributed by atoms with E-state index in [4.69, 9.17) is 0 Å². The molecule has 2 heteroatoms. The van der Waals surface area contributed by atoms with Crippen molar-refractivity contribution in [3.05, 3.63) is 0 Å². The summed E-state index contributed by atoms with van der Waals surface area (Å²) < 4.78 is 0. The highest BCUT2D eigenvalue weighted by Gasteiger charge is 2.46. The highest BCUT2D eigenvalue weighted by atomic mass is 16.3. The van der Waals surface area contributed by atoms with Crippen LogP contribution in [-0.2, 0) is 0 Å². The second-order valence-electron chi connectivity index (χ2n) is 10.0. The van der Waals surface area contributed by atoms with Gasteiger partial charge in [-0.2, -0.15) is 0 Å². The van der Waals surface area contributed by atoms with E-state index in [1.165, 1.54) is 44.9 Å². The Balaban J connectivity index is 1.71. The fraction of sp³-hybridized carbons (Fsp3) is 1.00. The lowest BCUT2D eigenvalue weighted by Crippen LogP contribution is -2.43. The molecule has 0 amide bonds. The van der Waals surface area contributed by atoms with Crippen LogP contribution in [0.1, 0.15) is 91.4 Å². The van der Waals surface area contributed by atoms with Gasteiger partial charge < -0.3 is 10.2 Å². The molecule has 0 bridgehead atoms. The van der Waals surface area contributed by atoms with Crippen molar-refractivity contribution in [1.82, 2.24) is 0 Å². The van der Waals surface area contributed by atoms with E-state index in [0.717, 1.165) is 55.3 Å². The van der Waals surface area contributed by atoms with Gasteiger partial charge in [0.1, 0.15) is 0 Å². The van der Waals surface area contributed by atoms with Crippen molar-refractivity contribution in [1.29, 1.82) is 0 Å². The van der Waals surface area contributed by atoms with Crippen LogP contribution >= 0.6 is 0 Å². The van der Waals surface area contributed by atoms with Crippen molar-refractivity contribution >= 4 is 0 Å². The van der Waals surface area contributed by atoms with Gasteiger partial charge in [0.15, 0.2) is 0 Å². The minimum atomic E-state index is -0.0347. The molecule has 3 aliphatic rings. The van der Waals surface area contributed by atoms with Gasteiger partial charge in [-0.15, -0.1) is 0 Å². The van der Waals surface area contributed by atoms with Crippen LogP contribution in [0.4, 0.5) is 0 Å². The smallest absolute Gasteiger partial charge is 0.0540 e. The Kier molecular flexibility index (Phi) is 5.97. The Hall–Kier alpha value is -0.0800. The van der Waals surface area contributed by atoms with Crippen molar-refractivity contribution in [2.75, 3.05) is 0 Å². The van der Waals surface area contributed by atoms with Crippen molar-refractivity contribution in [2.45, 2.75) is 104 Å². The van der Waals surface area contributed by atoms with Crippen LogP contribution in [0.25, 0.3) is 0 Å². The summed E-state index contributed by atoms with van der Waals surface area (Å²) in [6, 6.07) is 0. The highest BCUT2D eigenvalue weighted by molar-refractivity contribution is 4.96.